The Morgan fingerprint density at radius 2 is 1.78 bits per heavy atom. The predicted molar refractivity (Wildman–Crippen MR) is 99.9 cm³/mol. The summed E-state index contributed by atoms with van der Waals surface area (Å²) in [5.74, 6) is -1.16. The van der Waals surface area contributed by atoms with E-state index in [4.69, 9.17) is 26.9 Å². The number of carbonyl (C=O) groups excluding carboxylic acids is 2. The van der Waals surface area contributed by atoms with E-state index in [-0.39, 0.29) is 31.6 Å². The van der Waals surface area contributed by atoms with Crippen LogP contribution in [0.15, 0.2) is 29.6 Å². The Morgan fingerprint density at radius 3 is 2.37 bits per heavy atom. The molecule has 0 saturated heterocycles. The summed E-state index contributed by atoms with van der Waals surface area (Å²) in [5.41, 5.74) is 0.928. The van der Waals surface area contributed by atoms with Gasteiger partial charge in [-0.3, -0.25) is 4.79 Å². The van der Waals surface area contributed by atoms with Gasteiger partial charge in [0, 0.05) is 29.1 Å². The molecule has 9 heteroatoms. The van der Waals surface area contributed by atoms with E-state index in [0.717, 1.165) is 5.56 Å². The van der Waals surface area contributed by atoms with E-state index < -0.39 is 18.5 Å². The molecule has 2 aromatic rings. The lowest BCUT2D eigenvalue weighted by atomic mass is 10.2. The van der Waals surface area contributed by atoms with Gasteiger partial charge in [0.05, 0.1) is 25.0 Å². The van der Waals surface area contributed by atoms with Crippen molar-refractivity contribution in [3.05, 3.63) is 40.4 Å². The first kappa shape index (κ1) is 20.4. The van der Waals surface area contributed by atoms with E-state index in [9.17, 15) is 9.59 Å². The number of aromatic nitrogens is 1. The summed E-state index contributed by atoms with van der Waals surface area (Å²) in [6, 6.07) is 10.9. The van der Waals surface area contributed by atoms with Gasteiger partial charge in [0.25, 0.3) is 5.91 Å². The summed E-state index contributed by atoms with van der Waals surface area (Å²) in [4.78, 5) is 29.8. The van der Waals surface area contributed by atoms with Crippen molar-refractivity contribution in [3.8, 4) is 22.7 Å². The molecule has 1 aromatic heterocycles. The van der Waals surface area contributed by atoms with Gasteiger partial charge in [0.2, 0.25) is 0 Å². The molecule has 0 bridgehead atoms. The fraction of sp³-hybridized carbons (Fsp3) is 0.278. The second kappa shape index (κ2) is 10.3. The topological polar surface area (TPSA) is 107 Å². The van der Waals surface area contributed by atoms with Crippen LogP contribution in [0.5, 0.6) is 0 Å². The zero-order valence-electron chi connectivity index (χ0n) is 14.2. The summed E-state index contributed by atoms with van der Waals surface area (Å²) in [5, 5.41) is 20.1. The molecule has 0 fully saturated rings. The number of hydrogen-bond donors (Lipinski definition) is 0. The highest BCUT2D eigenvalue weighted by atomic mass is 35.5. The number of amides is 1. The lowest BCUT2D eigenvalue weighted by Gasteiger charge is -2.19. The zero-order chi connectivity index (χ0) is 19.6. The van der Waals surface area contributed by atoms with E-state index in [1.807, 2.05) is 12.1 Å². The third kappa shape index (κ3) is 6.07. The predicted octanol–water partition coefficient (Wildman–Crippen LogP) is 3.28. The van der Waals surface area contributed by atoms with Crippen LogP contribution in [0.25, 0.3) is 10.6 Å². The first-order valence-corrected chi connectivity index (χ1v) is 9.21. The molecule has 0 aliphatic heterocycles. The Balaban J connectivity index is 1.94. The molecule has 0 atom stereocenters. The maximum Gasteiger partial charge on any atom is 0.358 e. The van der Waals surface area contributed by atoms with Crippen molar-refractivity contribution in [2.75, 3.05) is 19.7 Å². The van der Waals surface area contributed by atoms with Gasteiger partial charge < -0.3 is 9.64 Å². The molecule has 0 spiro atoms. The van der Waals surface area contributed by atoms with Crippen LogP contribution in [0.4, 0.5) is 0 Å². The van der Waals surface area contributed by atoms with Crippen LogP contribution in [0.3, 0.4) is 0 Å². The average molecular weight is 403 g/mol. The number of nitriles is 2. The Kier molecular flexibility index (Phi) is 7.75. The van der Waals surface area contributed by atoms with E-state index in [1.165, 1.54) is 16.2 Å². The average Bonchev–Trinajstić information content (AvgIpc) is 3.17. The number of benzene rings is 1. The fourth-order valence-electron chi connectivity index (χ4n) is 2.12. The lowest BCUT2D eigenvalue weighted by Crippen LogP contribution is -2.36. The van der Waals surface area contributed by atoms with Crippen molar-refractivity contribution in [3.63, 3.8) is 0 Å². The van der Waals surface area contributed by atoms with E-state index in [1.54, 1.807) is 29.6 Å². The molecular weight excluding hydrogens is 388 g/mol. The molecule has 1 aromatic carbocycles. The highest BCUT2D eigenvalue weighted by Gasteiger charge is 2.18. The number of hydrogen-bond acceptors (Lipinski definition) is 7. The van der Waals surface area contributed by atoms with Gasteiger partial charge in [-0.15, -0.1) is 11.3 Å². The van der Waals surface area contributed by atoms with Gasteiger partial charge in [-0.25, -0.2) is 9.78 Å². The monoisotopic (exact) mass is 402 g/mol. The molecule has 0 unspecified atom stereocenters. The molecule has 0 radical (unpaired) electrons. The Labute approximate surface area is 165 Å². The van der Waals surface area contributed by atoms with Crippen LogP contribution in [-0.2, 0) is 9.53 Å². The lowest BCUT2D eigenvalue weighted by molar-refractivity contribution is -0.134. The summed E-state index contributed by atoms with van der Waals surface area (Å²) < 4.78 is 5.03. The molecule has 0 saturated carbocycles. The van der Waals surface area contributed by atoms with E-state index in [0.29, 0.717) is 10.0 Å². The zero-order valence-corrected chi connectivity index (χ0v) is 15.8. The minimum atomic E-state index is -0.708. The van der Waals surface area contributed by atoms with Crippen molar-refractivity contribution in [1.29, 1.82) is 10.5 Å². The van der Waals surface area contributed by atoms with Gasteiger partial charge in [-0.2, -0.15) is 10.5 Å². The number of rotatable bonds is 8. The summed E-state index contributed by atoms with van der Waals surface area (Å²) >= 11 is 7.13. The summed E-state index contributed by atoms with van der Waals surface area (Å²) in [7, 11) is 0. The smallest absolute Gasteiger partial charge is 0.358 e. The van der Waals surface area contributed by atoms with E-state index in [2.05, 4.69) is 4.98 Å². The van der Waals surface area contributed by atoms with Crippen LogP contribution in [0.1, 0.15) is 23.3 Å². The molecule has 138 valence electrons. The number of thiazole rings is 1. The van der Waals surface area contributed by atoms with Crippen molar-refractivity contribution in [1.82, 2.24) is 9.88 Å². The Hall–Kier alpha value is -2.94. The SMILES string of the molecule is N#CCCN(CCC#N)C(=O)COC(=O)c1csc(-c2ccc(Cl)cc2)n1. The van der Waals surface area contributed by atoms with Crippen LogP contribution >= 0.6 is 22.9 Å². The van der Waals surface area contributed by atoms with Crippen LogP contribution < -0.4 is 0 Å². The van der Waals surface area contributed by atoms with Gasteiger partial charge in [0.15, 0.2) is 12.3 Å². The first-order chi connectivity index (χ1) is 13.0. The maximum absolute atomic E-state index is 12.1. The standard InChI is InChI=1S/C18H15ClN4O3S/c19-14-5-3-13(4-6-14)17-22-15(12-27-17)18(25)26-11-16(24)23(9-1-7-20)10-2-8-21/h3-6,12H,1-2,9-11H2. The number of halogens is 1. The van der Waals surface area contributed by atoms with Gasteiger partial charge in [-0.1, -0.05) is 23.7 Å². The highest BCUT2D eigenvalue weighted by molar-refractivity contribution is 7.13. The molecule has 0 aliphatic carbocycles. The summed E-state index contributed by atoms with van der Waals surface area (Å²) in [6.45, 7) is -0.0958. The second-order valence-corrected chi connectivity index (χ2v) is 6.61. The van der Waals surface area contributed by atoms with Gasteiger partial charge in [0.1, 0.15) is 5.01 Å². The number of ether oxygens (including phenoxy) is 1. The molecule has 0 aliphatic rings. The molecule has 7 nitrogen and oxygen atoms in total. The van der Waals surface area contributed by atoms with E-state index >= 15 is 0 Å². The van der Waals surface area contributed by atoms with Crippen molar-refractivity contribution in [2.45, 2.75) is 12.8 Å². The molecule has 1 heterocycles. The van der Waals surface area contributed by atoms with Crippen molar-refractivity contribution in [2.24, 2.45) is 0 Å². The number of carbonyl (C=O) groups is 2. The van der Waals surface area contributed by atoms with Crippen molar-refractivity contribution >= 4 is 34.8 Å². The van der Waals surface area contributed by atoms with Gasteiger partial charge >= 0.3 is 5.97 Å². The van der Waals surface area contributed by atoms with Crippen LogP contribution in [0.2, 0.25) is 5.02 Å². The van der Waals surface area contributed by atoms with Crippen LogP contribution in [0, 0.1) is 22.7 Å². The molecule has 2 rings (SSSR count). The molecule has 0 N–H and O–H groups in total. The molecular formula is C18H15ClN4O3S. The second-order valence-electron chi connectivity index (χ2n) is 5.32. The molecule has 1 amide bonds. The Morgan fingerprint density at radius 1 is 1.15 bits per heavy atom. The quantitative estimate of drug-likeness (QED) is 0.627. The van der Waals surface area contributed by atoms with Crippen LogP contribution in [-0.4, -0.2) is 41.5 Å². The Bertz CT molecular complexity index is 865. The normalized spacial score (nSPS) is 9.89. The maximum atomic E-state index is 12.1. The molecule has 27 heavy (non-hydrogen) atoms. The first-order valence-electron chi connectivity index (χ1n) is 7.95. The number of nitrogens with zero attached hydrogens (tertiary/aromatic N) is 4. The summed E-state index contributed by atoms with van der Waals surface area (Å²) in [6.07, 6.45) is 0.281. The fourth-order valence-corrected chi connectivity index (χ4v) is 3.04. The largest absolute Gasteiger partial charge is 0.451 e. The third-order valence-corrected chi connectivity index (χ3v) is 4.61. The van der Waals surface area contributed by atoms with Gasteiger partial charge in [-0.05, 0) is 12.1 Å². The minimum Gasteiger partial charge on any atom is -0.451 e. The van der Waals surface area contributed by atoms with Crippen molar-refractivity contribution < 1.29 is 14.3 Å². The highest BCUT2D eigenvalue weighted by Crippen LogP contribution is 2.25. The number of esters is 1. The minimum absolute atomic E-state index is 0.110. The third-order valence-electron chi connectivity index (χ3n) is 3.47.